The van der Waals surface area contributed by atoms with Crippen LogP contribution in [0.1, 0.15) is 32.0 Å². The fourth-order valence-electron chi connectivity index (χ4n) is 4.47. The molecule has 4 N–H and O–H groups in total. The molecule has 0 atom stereocenters. The summed E-state index contributed by atoms with van der Waals surface area (Å²) in [6, 6.07) is 13.4. The quantitative estimate of drug-likeness (QED) is 0.494. The minimum absolute atomic E-state index is 0.0928. The van der Waals surface area contributed by atoms with E-state index >= 15 is 0 Å². The number of carbonyl (C=O) groups is 1. The van der Waals surface area contributed by atoms with E-state index in [1.807, 2.05) is 18.2 Å². The lowest BCUT2D eigenvalue weighted by molar-refractivity contribution is -0.114. The third-order valence-electron chi connectivity index (χ3n) is 6.00. The maximum atomic E-state index is 11.4. The molecule has 1 saturated heterocycles. The molecule has 0 unspecified atom stereocenters. The second kappa shape index (κ2) is 8.03. The Balaban J connectivity index is 1.42. The Morgan fingerprint density at radius 1 is 1.12 bits per heavy atom. The summed E-state index contributed by atoms with van der Waals surface area (Å²) in [6.07, 6.45) is 3.71. The maximum Gasteiger partial charge on any atom is 0.221 e. The number of amides is 1. The molecule has 5 rings (SSSR count). The normalized spacial score (nSPS) is 16.8. The molecule has 2 aliphatic rings. The molecule has 8 heteroatoms. The summed E-state index contributed by atoms with van der Waals surface area (Å²) in [4.78, 5) is 23.4. The summed E-state index contributed by atoms with van der Waals surface area (Å²) in [6.45, 7) is 3.76. The van der Waals surface area contributed by atoms with E-state index in [0.717, 1.165) is 24.1 Å². The van der Waals surface area contributed by atoms with Gasteiger partial charge in [0.25, 0.3) is 0 Å². The molecule has 2 aliphatic heterocycles. The minimum Gasteiger partial charge on any atom is -0.509 e. The van der Waals surface area contributed by atoms with Gasteiger partial charge in [-0.1, -0.05) is 6.07 Å². The van der Waals surface area contributed by atoms with E-state index < -0.39 is 0 Å². The first-order chi connectivity index (χ1) is 15.5. The fourth-order valence-corrected chi connectivity index (χ4v) is 4.47. The van der Waals surface area contributed by atoms with E-state index in [1.165, 1.54) is 31.9 Å². The van der Waals surface area contributed by atoms with Crippen molar-refractivity contribution in [2.45, 2.75) is 26.2 Å². The molecule has 2 aromatic carbocycles. The van der Waals surface area contributed by atoms with Crippen molar-refractivity contribution in [1.82, 2.24) is 9.97 Å². The van der Waals surface area contributed by atoms with Crippen LogP contribution >= 0.6 is 0 Å². The third-order valence-corrected chi connectivity index (χ3v) is 6.00. The van der Waals surface area contributed by atoms with Crippen LogP contribution in [-0.4, -0.2) is 46.5 Å². The number of hydrogen-bond acceptors (Lipinski definition) is 5. The van der Waals surface area contributed by atoms with E-state index in [9.17, 15) is 9.90 Å². The van der Waals surface area contributed by atoms with Gasteiger partial charge in [-0.2, -0.15) is 0 Å². The van der Waals surface area contributed by atoms with Crippen molar-refractivity contribution in [2.24, 2.45) is 0 Å². The first-order valence-electron chi connectivity index (χ1n) is 10.9. The zero-order chi connectivity index (χ0) is 22.2. The van der Waals surface area contributed by atoms with Crippen molar-refractivity contribution >= 4 is 45.4 Å². The van der Waals surface area contributed by atoms with Gasteiger partial charge in [0, 0.05) is 37.1 Å². The number of hydrogen-bond donors (Lipinski definition) is 4. The number of fused-ring (bicyclic) bond motifs is 1. The average molecular weight is 431 g/mol. The Labute approximate surface area is 186 Å². The Morgan fingerprint density at radius 2 is 1.94 bits per heavy atom. The zero-order valence-corrected chi connectivity index (χ0v) is 18.0. The molecular weight excluding hydrogens is 404 g/mol. The van der Waals surface area contributed by atoms with Gasteiger partial charge in [0.05, 0.1) is 23.2 Å². The highest BCUT2D eigenvalue weighted by Gasteiger charge is 2.31. The van der Waals surface area contributed by atoms with Gasteiger partial charge < -0.3 is 25.2 Å². The van der Waals surface area contributed by atoms with E-state index in [4.69, 9.17) is 5.41 Å². The number of imidazole rings is 1. The van der Waals surface area contributed by atoms with Crippen LogP contribution in [0.15, 0.2) is 48.2 Å². The van der Waals surface area contributed by atoms with Crippen molar-refractivity contribution in [3.63, 3.8) is 0 Å². The van der Waals surface area contributed by atoms with E-state index in [0.29, 0.717) is 22.8 Å². The van der Waals surface area contributed by atoms with Crippen LogP contribution in [0.4, 0.5) is 17.1 Å². The number of rotatable bonds is 4. The molecule has 3 heterocycles. The van der Waals surface area contributed by atoms with Gasteiger partial charge in [0.2, 0.25) is 5.91 Å². The maximum absolute atomic E-state index is 11.4. The van der Waals surface area contributed by atoms with Gasteiger partial charge in [-0.3, -0.25) is 10.2 Å². The van der Waals surface area contributed by atoms with Crippen LogP contribution in [-0.2, 0) is 4.79 Å². The molecule has 0 radical (unpaired) electrons. The highest BCUT2D eigenvalue weighted by atomic mass is 16.3. The summed E-state index contributed by atoms with van der Waals surface area (Å²) < 4.78 is 0. The van der Waals surface area contributed by atoms with E-state index in [-0.39, 0.29) is 24.0 Å². The first kappa shape index (κ1) is 20.1. The van der Waals surface area contributed by atoms with E-state index in [1.54, 1.807) is 17.0 Å². The van der Waals surface area contributed by atoms with Gasteiger partial charge in [0.1, 0.15) is 17.4 Å². The predicted molar refractivity (Wildman–Crippen MR) is 128 cm³/mol. The van der Waals surface area contributed by atoms with Crippen molar-refractivity contribution < 1.29 is 9.90 Å². The molecular formula is C24H26N6O2. The molecule has 0 aliphatic carbocycles. The van der Waals surface area contributed by atoms with Gasteiger partial charge in [-0.25, -0.2) is 4.98 Å². The third kappa shape index (κ3) is 3.68. The molecule has 164 valence electrons. The standard InChI is InChI=1S/C24H26N6O2/c1-15(31)26-16-6-5-7-18(12-16)30-14-21(32)22(23(30)25)24-27-19-9-8-17(13-20(19)28-24)29-10-3-2-4-11-29/h5-9,12-13,25,32H,2-4,10-11,14H2,1H3,(H,26,31)(H,27,28). The number of aromatic amines is 1. The lowest BCUT2D eigenvalue weighted by Crippen LogP contribution is -2.29. The van der Waals surface area contributed by atoms with Crippen LogP contribution in [0.3, 0.4) is 0 Å². The number of carbonyl (C=O) groups excluding carboxylic acids is 1. The number of piperidine rings is 1. The summed E-state index contributed by atoms with van der Waals surface area (Å²) >= 11 is 0. The van der Waals surface area contributed by atoms with Crippen molar-refractivity contribution in [1.29, 1.82) is 5.41 Å². The summed E-state index contributed by atoms with van der Waals surface area (Å²) in [7, 11) is 0. The molecule has 0 saturated carbocycles. The van der Waals surface area contributed by atoms with Gasteiger partial charge in [-0.05, 0) is 55.7 Å². The van der Waals surface area contributed by atoms with Gasteiger partial charge in [-0.15, -0.1) is 0 Å². The SMILES string of the molecule is CC(=O)Nc1cccc(N2CC(O)=C(c3nc4ccc(N5CCCCC5)cc4[nH]3)C2=N)c1. The van der Waals surface area contributed by atoms with Crippen LogP contribution in [0.2, 0.25) is 0 Å². The molecule has 8 nitrogen and oxygen atoms in total. The topological polar surface area (TPSA) is 108 Å². The van der Waals surface area contributed by atoms with Crippen molar-refractivity contribution in [3.8, 4) is 0 Å². The molecule has 0 spiro atoms. The predicted octanol–water partition coefficient (Wildman–Crippen LogP) is 4.28. The molecule has 1 fully saturated rings. The number of nitrogens with one attached hydrogen (secondary N) is 3. The van der Waals surface area contributed by atoms with Crippen molar-refractivity contribution in [3.05, 3.63) is 54.0 Å². The zero-order valence-electron chi connectivity index (χ0n) is 18.0. The lowest BCUT2D eigenvalue weighted by atomic mass is 10.1. The van der Waals surface area contributed by atoms with Gasteiger partial charge in [0.15, 0.2) is 0 Å². The second-order valence-electron chi connectivity index (χ2n) is 8.32. The van der Waals surface area contributed by atoms with E-state index in [2.05, 4.69) is 32.3 Å². The molecule has 3 aromatic rings. The van der Waals surface area contributed by atoms with Crippen molar-refractivity contribution in [2.75, 3.05) is 34.8 Å². The number of amidine groups is 1. The molecule has 0 bridgehead atoms. The first-order valence-corrected chi connectivity index (χ1v) is 10.9. The fraction of sp³-hybridized carbons (Fsp3) is 0.292. The van der Waals surface area contributed by atoms with Crippen LogP contribution in [0, 0.1) is 5.41 Å². The van der Waals surface area contributed by atoms with Crippen LogP contribution < -0.4 is 15.1 Å². The number of aromatic nitrogens is 2. The molecule has 1 aromatic heterocycles. The summed E-state index contributed by atoms with van der Waals surface area (Å²) in [5.41, 5.74) is 4.62. The minimum atomic E-state index is -0.161. The number of aliphatic hydroxyl groups is 1. The number of anilines is 3. The Kier molecular flexibility index (Phi) is 5.05. The summed E-state index contributed by atoms with van der Waals surface area (Å²) in [5.74, 6) is 0.582. The smallest absolute Gasteiger partial charge is 0.221 e. The number of nitrogens with zero attached hydrogens (tertiary/aromatic N) is 3. The Morgan fingerprint density at radius 3 is 2.72 bits per heavy atom. The molecule has 1 amide bonds. The van der Waals surface area contributed by atoms with Crippen LogP contribution in [0.25, 0.3) is 16.6 Å². The molecule has 32 heavy (non-hydrogen) atoms. The highest BCUT2D eigenvalue weighted by molar-refractivity contribution is 6.30. The Bertz CT molecular complexity index is 1240. The Hall–Kier alpha value is -3.81. The average Bonchev–Trinajstić information content (AvgIpc) is 3.33. The van der Waals surface area contributed by atoms with Crippen LogP contribution in [0.5, 0.6) is 0 Å². The largest absolute Gasteiger partial charge is 0.509 e. The monoisotopic (exact) mass is 430 g/mol. The number of aliphatic hydroxyl groups excluding tert-OH is 1. The summed E-state index contributed by atoms with van der Waals surface area (Å²) in [5, 5.41) is 22.2. The number of benzene rings is 2. The second-order valence-corrected chi connectivity index (χ2v) is 8.32. The lowest BCUT2D eigenvalue weighted by Gasteiger charge is -2.28. The van der Waals surface area contributed by atoms with Gasteiger partial charge >= 0.3 is 0 Å². The number of H-pyrrole nitrogens is 1. The highest BCUT2D eigenvalue weighted by Crippen LogP contribution is 2.32.